The zero-order chi connectivity index (χ0) is 12.3. The minimum absolute atomic E-state index is 0.00237. The molecule has 0 bridgehead atoms. The first-order valence-corrected chi connectivity index (χ1v) is 6.08. The number of fused-ring (bicyclic) bond motifs is 1. The minimum Gasteiger partial charge on any atom is -0.350 e. The van der Waals surface area contributed by atoms with E-state index in [0.717, 1.165) is 42.5 Å². The highest BCUT2D eigenvalue weighted by molar-refractivity contribution is 5.75. The topological polar surface area (TPSA) is 74.8 Å². The Morgan fingerprint density at radius 2 is 2.06 bits per heavy atom. The number of aromatic amines is 1. The van der Waals surface area contributed by atoms with Gasteiger partial charge < -0.3 is 5.32 Å². The Morgan fingerprint density at radius 3 is 2.76 bits per heavy atom. The van der Waals surface area contributed by atoms with Gasteiger partial charge in [0.05, 0.1) is 12.2 Å². The van der Waals surface area contributed by atoms with E-state index in [9.17, 15) is 9.59 Å². The van der Waals surface area contributed by atoms with Gasteiger partial charge >= 0.3 is 0 Å². The fourth-order valence-electron chi connectivity index (χ4n) is 2.18. The van der Waals surface area contributed by atoms with Crippen LogP contribution in [-0.4, -0.2) is 16.1 Å². The fraction of sp³-hybridized carbons (Fsp3) is 0.583. The number of H-pyrrole nitrogens is 1. The Hall–Kier alpha value is -1.65. The molecule has 0 fully saturated rings. The van der Waals surface area contributed by atoms with Gasteiger partial charge in [0.2, 0.25) is 5.91 Å². The lowest BCUT2D eigenvalue weighted by atomic mass is 9.92. The number of hydrogen-bond donors (Lipinski definition) is 2. The molecule has 17 heavy (non-hydrogen) atoms. The van der Waals surface area contributed by atoms with E-state index in [2.05, 4.69) is 15.5 Å². The molecule has 0 aromatic carbocycles. The second-order valence-electron chi connectivity index (χ2n) is 4.29. The van der Waals surface area contributed by atoms with E-state index in [1.165, 1.54) is 0 Å². The number of nitrogens with one attached hydrogen (secondary N) is 2. The first-order valence-electron chi connectivity index (χ1n) is 6.08. The molecule has 1 heterocycles. The maximum Gasteiger partial charge on any atom is 0.267 e. The van der Waals surface area contributed by atoms with Crippen LogP contribution in [0.5, 0.6) is 0 Å². The van der Waals surface area contributed by atoms with Crippen LogP contribution in [0.2, 0.25) is 0 Å². The summed E-state index contributed by atoms with van der Waals surface area (Å²) in [6.45, 7) is 2.22. The van der Waals surface area contributed by atoms with Gasteiger partial charge in [-0.25, -0.2) is 5.10 Å². The van der Waals surface area contributed by atoms with Crippen molar-refractivity contribution in [2.24, 2.45) is 0 Å². The molecule has 0 unspecified atom stereocenters. The summed E-state index contributed by atoms with van der Waals surface area (Å²) >= 11 is 0. The van der Waals surface area contributed by atoms with Crippen LogP contribution < -0.4 is 10.9 Å². The highest BCUT2D eigenvalue weighted by atomic mass is 16.1. The molecule has 92 valence electrons. The summed E-state index contributed by atoms with van der Waals surface area (Å²) in [5, 5.41) is 9.35. The summed E-state index contributed by atoms with van der Waals surface area (Å²) in [6, 6.07) is 0. The van der Waals surface area contributed by atoms with Gasteiger partial charge in [0.1, 0.15) is 0 Å². The Balaban J connectivity index is 2.23. The number of carbonyl (C=O) groups is 1. The second kappa shape index (κ2) is 5.12. The molecule has 0 atom stereocenters. The van der Waals surface area contributed by atoms with Crippen molar-refractivity contribution < 1.29 is 4.79 Å². The number of hydrogen-bond acceptors (Lipinski definition) is 3. The van der Waals surface area contributed by atoms with Gasteiger partial charge in [-0.3, -0.25) is 9.59 Å². The van der Waals surface area contributed by atoms with Crippen molar-refractivity contribution in [1.82, 2.24) is 15.5 Å². The zero-order valence-corrected chi connectivity index (χ0v) is 10.0. The fourth-order valence-corrected chi connectivity index (χ4v) is 2.18. The van der Waals surface area contributed by atoms with Crippen molar-refractivity contribution in [1.29, 1.82) is 0 Å². The molecule has 1 aromatic heterocycles. The first kappa shape index (κ1) is 11.8. The normalized spacial score (nSPS) is 14.2. The average Bonchev–Trinajstić information content (AvgIpc) is 2.38. The van der Waals surface area contributed by atoms with Crippen LogP contribution in [0.1, 0.15) is 43.0 Å². The van der Waals surface area contributed by atoms with E-state index in [4.69, 9.17) is 0 Å². The van der Waals surface area contributed by atoms with Crippen molar-refractivity contribution >= 4 is 5.91 Å². The van der Waals surface area contributed by atoms with Crippen molar-refractivity contribution in [3.63, 3.8) is 0 Å². The van der Waals surface area contributed by atoms with Gasteiger partial charge in [-0.1, -0.05) is 6.92 Å². The number of aromatic nitrogens is 2. The molecule has 0 radical (unpaired) electrons. The molecule has 0 spiro atoms. The summed E-state index contributed by atoms with van der Waals surface area (Å²) in [5.41, 5.74) is 2.62. The predicted molar refractivity (Wildman–Crippen MR) is 63.6 cm³/mol. The highest BCUT2D eigenvalue weighted by Gasteiger charge is 2.17. The van der Waals surface area contributed by atoms with E-state index in [1.54, 1.807) is 0 Å². The lowest BCUT2D eigenvalue weighted by molar-refractivity contribution is -0.120. The predicted octanol–water partition coefficient (Wildman–Crippen LogP) is 0.675. The SMILES string of the molecule is CCC(=O)NCc1n[nH]c(=O)c2c1CCCC2. The second-order valence-corrected chi connectivity index (χ2v) is 4.29. The highest BCUT2D eigenvalue weighted by Crippen LogP contribution is 2.19. The number of rotatable bonds is 3. The van der Waals surface area contributed by atoms with Crippen LogP contribution in [0.3, 0.4) is 0 Å². The smallest absolute Gasteiger partial charge is 0.267 e. The van der Waals surface area contributed by atoms with Crippen LogP contribution in [0, 0.1) is 0 Å². The number of nitrogens with zero attached hydrogens (tertiary/aromatic N) is 1. The standard InChI is InChI=1S/C12H17N3O2/c1-2-11(16)13-7-10-8-5-3-4-6-9(8)12(17)15-14-10/h2-7H2,1H3,(H,13,16)(H,15,17). The Labute approximate surface area is 99.6 Å². The zero-order valence-electron chi connectivity index (χ0n) is 10.0. The van der Waals surface area contributed by atoms with Crippen molar-refractivity contribution in [2.45, 2.75) is 45.6 Å². The molecule has 5 heteroatoms. The van der Waals surface area contributed by atoms with Gasteiger partial charge in [0.25, 0.3) is 5.56 Å². The van der Waals surface area contributed by atoms with Gasteiger partial charge in [0.15, 0.2) is 0 Å². The van der Waals surface area contributed by atoms with Gasteiger partial charge in [-0.2, -0.15) is 5.10 Å². The maximum atomic E-state index is 11.6. The van der Waals surface area contributed by atoms with Crippen molar-refractivity contribution in [2.75, 3.05) is 0 Å². The molecule has 0 saturated carbocycles. The molecule has 1 aliphatic rings. The lowest BCUT2D eigenvalue weighted by Gasteiger charge is -2.17. The van der Waals surface area contributed by atoms with Crippen LogP contribution in [-0.2, 0) is 24.2 Å². The van der Waals surface area contributed by atoms with Crippen LogP contribution in [0.25, 0.3) is 0 Å². The monoisotopic (exact) mass is 235 g/mol. The molecule has 1 amide bonds. The molecule has 5 nitrogen and oxygen atoms in total. The molecular weight excluding hydrogens is 218 g/mol. The third-order valence-electron chi connectivity index (χ3n) is 3.16. The van der Waals surface area contributed by atoms with Gasteiger partial charge in [-0.15, -0.1) is 0 Å². The van der Waals surface area contributed by atoms with Crippen LogP contribution in [0.4, 0.5) is 0 Å². The third kappa shape index (κ3) is 2.54. The summed E-state index contributed by atoms with van der Waals surface area (Å²) in [6.07, 6.45) is 4.32. The van der Waals surface area contributed by atoms with Gasteiger partial charge in [-0.05, 0) is 31.2 Å². The molecule has 1 aliphatic carbocycles. The molecule has 2 rings (SSSR count). The van der Waals surface area contributed by atoms with Crippen molar-refractivity contribution in [3.8, 4) is 0 Å². The van der Waals surface area contributed by atoms with E-state index < -0.39 is 0 Å². The van der Waals surface area contributed by atoms with Crippen LogP contribution in [0.15, 0.2) is 4.79 Å². The van der Waals surface area contributed by atoms with E-state index in [1.807, 2.05) is 6.92 Å². The number of amides is 1. The molecular formula is C12H17N3O2. The Morgan fingerprint density at radius 1 is 1.35 bits per heavy atom. The Bertz CT molecular complexity index is 479. The summed E-state index contributed by atoms with van der Waals surface area (Å²) in [5.74, 6) is 0.00237. The molecule has 0 saturated heterocycles. The number of carbonyl (C=O) groups excluding carboxylic acids is 1. The lowest BCUT2D eigenvalue weighted by Crippen LogP contribution is -2.28. The largest absolute Gasteiger partial charge is 0.350 e. The maximum absolute atomic E-state index is 11.6. The van der Waals surface area contributed by atoms with Crippen molar-refractivity contribution in [3.05, 3.63) is 27.2 Å². The van der Waals surface area contributed by atoms with E-state index in [0.29, 0.717) is 13.0 Å². The summed E-state index contributed by atoms with van der Waals surface area (Å²) < 4.78 is 0. The third-order valence-corrected chi connectivity index (χ3v) is 3.16. The Kier molecular flexibility index (Phi) is 3.56. The quantitative estimate of drug-likeness (QED) is 0.808. The first-order chi connectivity index (χ1) is 8.22. The van der Waals surface area contributed by atoms with Crippen LogP contribution >= 0.6 is 0 Å². The average molecular weight is 235 g/mol. The van der Waals surface area contributed by atoms with Gasteiger partial charge in [0, 0.05) is 12.0 Å². The van der Waals surface area contributed by atoms with E-state index in [-0.39, 0.29) is 11.5 Å². The molecule has 2 N–H and O–H groups in total. The summed E-state index contributed by atoms with van der Waals surface area (Å²) in [4.78, 5) is 22.8. The minimum atomic E-state index is -0.0785. The molecule has 0 aliphatic heterocycles. The summed E-state index contributed by atoms with van der Waals surface area (Å²) in [7, 11) is 0. The van der Waals surface area contributed by atoms with E-state index >= 15 is 0 Å². The molecule has 1 aromatic rings.